The Labute approximate surface area is 151 Å². The number of halogens is 2. The second kappa shape index (κ2) is 7.31. The number of ether oxygens (including phenoxy) is 1. The lowest BCUT2D eigenvalue weighted by atomic mass is 10.1. The highest BCUT2D eigenvalue weighted by molar-refractivity contribution is 6.30. The highest BCUT2D eigenvalue weighted by Crippen LogP contribution is 2.26. The molecular weight excluding hydrogens is 343 g/mol. The van der Waals surface area contributed by atoms with E-state index in [2.05, 4.69) is 4.90 Å². The van der Waals surface area contributed by atoms with E-state index in [1.165, 1.54) is 19.2 Å². The van der Waals surface area contributed by atoms with Crippen LogP contribution in [0.3, 0.4) is 0 Å². The molecule has 0 unspecified atom stereocenters. The Bertz CT molecular complexity index is 789. The number of nitrogens with zero attached hydrogens (tertiary/aromatic N) is 2. The van der Waals surface area contributed by atoms with E-state index >= 15 is 0 Å². The van der Waals surface area contributed by atoms with Gasteiger partial charge in [-0.2, -0.15) is 0 Å². The van der Waals surface area contributed by atoms with Crippen molar-refractivity contribution in [1.82, 2.24) is 4.90 Å². The van der Waals surface area contributed by atoms with Crippen LogP contribution in [0.2, 0.25) is 5.02 Å². The molecule has 0 bridgehead atoms. The summed E-state index contributed by atoms with van der Waals surface area (Å²) < 4.78 is 19.1. The summed E-state index contributed by atoms with van der Waals surface area (Å²) in [6, 6.07) is 10.1. The van der Waals surface area contributed by atoms with Crippen LogP contribution in [0.4, 0.5) is 10.1 Å². The van der Waals surface area contributed by atoms with Crippen LogP contribution in [-0.2, 0) is 0 Å². The fourth-order valence-corrected chi connectivity index (χ4v) is 3.21. The minimum absolute atomic E-state index is 0.0770. The summed E-state index contributed by atoms with van der Waals surface area (Å²) in [7, 11) is 1.47. The third kappa shape index (κ3) is 3.71. The standard InChI is InChI=1S/C19H20ClFN2O2/c1-13-3-4-14(20)11-18(13)22-7-9-23(10-8-22)19(24)16-6-5-15(25-2)12-17(16)21/h3-6,11-12H,7-10H2,1-2H3. The van der Waals surface area contributed by atoms with Crippen LogP contribution in [0, 0.1) is 12.7 Å². The van der Waals surface area contributed by atoms with Crippen molar-refractivity contribution in [1.29, 1.82) is 0 Å². The predicted octanol–water partition coefficient (Wildman–Crippen LogP) is 3.76. The van der Waals surface area contributed by atoms with Gasteiger partial charge in [-0.25, -0.2) is 4.39 Å². The van der Waals surface area contributed by atoms with Crippen LogP contribution >= 0.6 is 11.6 Å². The average Bonchev–Trinajstić information content (AvgIpc) is 2.63. The number of rotatable bonds is 3. The van der Waals surface area contributed by atoms with Gasteiger partial charge in [0.2, 0.25) is 0 Å². The molecule has 1 heterocycles. The van der Waals surface area contributed by atoms with Gasteiger partial charge in [0.05, 0.1) is 12.7 Å². The number of methoxy groups -OCH3 is 1. The first-order valence-electron chi connectivity index (χ1n) is 8.13. The van der Waals surface area contributed by atoms with Gasteiger partial charge in [0.15, 0.2) is 0 Å². The molecule has 0 aliphatic carbocycles. The molecular formula is C19H20ClFN2O2. The molecule has 25 heavy (non-hydrogen) atoms. The van der Waals surface area contributed by atoms with Gasteiger partial charge in [-0.3, -0.25) is 4.79 Å². The molecule has 4 nitrogen and oxygen atoms in total. The van der Waals surface area contributed by atoms with Crippen molar-refractivity contribution >= 4 is 23.2 Å². The molecule has 0 saturated carbocycles. The third-order valence-corrected chi connectivity index (χ3v) is 4.72. The smallest absolute Gasteiger partial charge is 0.256 e. The normalized spacial score (nSPS) is 14.6. The molecule has 0 N–H and O–H groups in total. The van der Waals surface area contributed by atoms with Crippen LogP contribution in [-0.4, -0.2) is 44.1 Å². The van der Waals surface area contributed by atoms with Gasteiger partial charge in [-0.05, 0) is 36.8 Å². The first-order valence-corrected chi connectivity index (χ1v) is 8.51. The Morgan fingerprint density at radius 2 is 1.84 bits per heavy atom. The second-order valence-electron chi connectivity index (χ2n) is 6.06. The number of carbonyl (C=O) groups excluding carboxylic acids is 1. The zero-order valence-corrected chi connectivity index (χ0v) is 15.0. The summed E-state index contributed by atoms with van der Waals surface area (Å²) >= 11 is 6.09. The average molecular weight is 363 g/mol. The number of anilines is 1. The molecule has 132 valence electrons. The van der Waals surface area contributed by atoms with E-state index in [1.54, 1.807) is 11.0 Å². The Balaban J connectivity index is 1.70. The van der Waals surface area contributed by atoms with E-state index in [9.17, 15) is 9.18 Å². The molecule has 1 saturated heterocycles. The molecule has 1 fully saturated rings. The number of aryl methyl sites for hydroxylation is 1. The van der Waals surface area contributed by atoms with E-state index < -0.39 is 5.82 Å². The van der Waals surface area contributed by atoms with E-state index in [0.717, 1.165) is 11.3 Å². The van der Waals surface area contributed by atoms with Crippen molar-refractivity contribution in [2.24, 2.45) is 0 Å². The second-order valence-corrected chi connectivity index (χ2v) is 6.49. The van der Waals surface area contributed by atoms with Crippen molar-refractivity contribution in [2.75, 3.05) is 38.2 Å². The Hall–Kier alpha value is -2.27. The molecule has 3 rings (SSSR count). The van der Waals surface area contributed by atoms with Gasteiger partial charge >= 0.3 is 0 Å². The van der Waals surface area contributed by atoms with Crippen molar-refractivity contribution in [3.8, 4) is 5.75 Å². The zero-order valence-electron chi connectivity index (χ0n) is 14.3. The van der Waals surface area contributed by atoms with Gasteiger partial charge in [-0.15, -0.1) is 0 Å². The molecule has 0 aromatic heterocycles. The van der Waals surface area contributed by atoms with Crippen molar-refractivity contribution in [3.05, 3.63) is 58.4 Å². The maximum absolute atomic E-state index is 14.1. The van der Waals surface area contributed by atoms with Crippen molar-refractivity contribution < 1.29 is 13.9 Å². The first kappa shape index (κ1) is 17.5. The highest BCUT2D eigenvalue weighted by atomic mass is 35.5. The van der Waals surface area contributed by atoms with Gasteiger partial charge < -0.3 is 14.5 Å². The minimum atomic E-state index is -0.558. The predicted molar refractivity (Wildman–Crippen MR) is 97.3 cm³/mol. The van der Waals surface area contributed by atoms with E-state index in [0.29, 0.717) is 37.0 Å². The molecule has 0 atom stereocenters. The van der Waals surface area contributed by atoms with Gasteiger partial charge in [0, 0.05) is 43.0 Å². The molecule has 1 aliphatic rings. The number of carbonyl (C=O) groups is 1. The summed E-state index contributed by atoms with van der Waals surface area (Å²) in [4.78, 5) is 16.5. The first-order chi connectivity index (χ1) is 12.0. The maximum Gasteiger partial charge on any atom is 0.256 e. The Kier molecular flexibility index (Phi) is 5.13. The highest BCUT2D eigenvalue weighted by Gasteiger charge is 2.25. The number of benzene rings is 2. The van der Waals surface area contributed by atoms with Crippen LogP contribution in [0.25, 0.3) is 0 Å². The lowest BCUT2D eigenvalue weighted by Crippen LogP contribution is -2.49. The monoisotopic (exact) mass is 362 g/mol. The van der Waals surface area contributed by atoms with Crippen molar-refractivity contribution in [3.63, 3.8) is 0 Å². The summed E-state index contributed by atoms with van der Waals surface area (Å²) in [6.45, 7) is 4.48. The lowest BCUT2D eigenvalue weighted by molar-refractivity contribution is 0.0742. The summed E-state index contributed by atoms with van der Waals surface area (Å²) in [5, 5.41) is 0.694. The van der Waals surface area contributed by atoms with Gasteiger partial charge in [-0.1, -0.05) is 17.7 Å². The minimum Gasteiger partial charge on any atom is -0.497 e. The molecule has 2 aromatic carbocycles. The summed E-state index contributed by atoms with van der Waals surface area (Å²) in [6.07, 6.45) is 0. The SMILES string of the molecule is COc1ccc(C(=O)N2CCN(c3cc(Cl)ccc3C)CC2)c(F)c1. The van der Waals surface area contributed by atoms with Crippen molar-refractivity contribution in [2.45, 2.75) is 6.92 Å². The zero-order chi connectivity index (χ0) is 18.0. The molecule has 2 aromatic rings. The molecule has 1 amide bonds. The van der Waals surface area contributed by atoms with E-state index in [4.69, 9.17) is 16.3 Å². The number of amides is 1. The number of hydrogen-bond donors (Lipinski definition) is 0. The Morgan fingerprint density at radius 1 is 1.12 bits per heavy atom. The topological polar surface area (TPSA) is 32.8 Å². The van der Waals surface area contributed by atoms with Gasteiger partial charge in [0.25, 0.3) is 5.91 Å². The lowest BCUT2D eigenvalue weighted by Gasteiger charge is -2.37. The van der Waals surface area contributed by atoms with Crippen LogP contribution in [0.1, 0.15) is 15.9 Å². The molecule has 0 radical (unpaired) electrons. The van der Waals surface area contributed by atoms with Crippen LogP contribution in [0.15, 0.2) is 36.4 Å². The fraction of sp³-hybridized carbons (Fsp3) is 0.316. The molecule has 6 heteroatoms. The molecule has 0 spiro atoms. The maximum atomic E-state index is 14.1. The fourth-order valence-electron chi connectivity index (χ4n) is 3.04. The van der Waals surface area contributed by atoms with E-state index in [1.807, 2.05) is 25.1 Å². The third-order valence-electron chi connectivity index (χ3n) is 4.49. The Morgan fingerprint density at radius 3 is 2.48 bits per heavy atom. The summed E-state index contributed by atoms with van der Waals surface area (Å²) in [5.74, 6) is -0.449. The number of hydrogen-bond acceptors (Lipinski definition) is 3. The summed E-state index contributed by atoms with van der Waals surface area (Å²) in [5.41, 5.74) is 2.30. The van der Waals surface area contributed by atoms with E-state index in [-0.39, 0.29) is 11.5 Å². The van der Waals surface area contributed by atoms with Crippen LogP contribution in [0.5, 0.6) is 5.75 Å². The number of piperazine rings is 1. The largest absolute Gasteiger partial charge is 0.497 e. The quantitative estimate of drug-likeness (QED) is 0.833. The van der Waals surface area contributed by atoms with Crippen LogP contribution < -0.4 is 9.64 Å². The van der Waals surface area contributed by atoms with Gasteiger partial charge in [0.1, 0.15) is 11.6 Å². The molecule has 1 aliphatic heterocycles.